The first-order chi connectivity index (χ1) is 11.2. The van der Waals surface area contributed by atoms with Gasteiger partial charge in [0.05, 0.1) is 11.1 Å². The van der Waals surface area contributed by atoms with Crippen LogP contribution in [0.3, 0.4) is 0 Å². The first-order valence-corrected chi connectivity index (χ1v) is 8.59. The molecule has 6 heteroatoms. The summed E-state index contributed by atoms with van der Waals surface area (Å²) in [5.41, 5.74) is 2.54. The van der Waals surface area contributed by atoms with Gasteiger partial charge in [-0.3, -0.25) is 9.78 Å². The maximum absolute atomic E-state index is 13.1. The normalized spacial score (nSPS) is 22.5. The van der Waals surface area contributed by atoms with E-state index in [2.05, 4.69) is 10.3 Å². The monoisotopic (exact) mass is 381 g/mol. The molecule has 1 N–H and O–H groups in total. The second-order valence-corrected chi connectivity index (χ2v) is 6.88. The number of pyridine rings is 1. The number of hydrogen-bond acceptors (Lipinski definition) is 3. The molecule has 0 spiro atoms. The average Bonchev–Trinajstić information content (AvgIpc) is 2.92. The van der Waals surface area contributed by atoms with Gasteiger partial charge in [0, 0.05) is 24.2 Å². The van der Waals surface area contributed by atoms with E-state index in [1.165, 1.54) is 0 Å². The minimum atomic E-state index is 0. The van der Waals surface area contributed by atoms with Gasteiger partial charge in [-0.05, 0) is 56.8 Å². The molecule has 2 saturated heterocycles. The van der Waals surface area contributed by atoms with Gasteiger partial charge in [-0.1, -0.05) is 18.2 Å². The molecule has 4 rings (SSSR count). The van der Waals surface area contributed by atoms with Crippen LogP contribution < -0.4 is 5.32 Å². The van der Waals surface area contributed by atoms with Crippen LogP contribution in [0.1, 0.15) is 28.9 Å². The molecule has 2 atom stereocenters. The third kappa shape index (κ3) is 3.91. The lowest BCUT2D eigenvalue weighted by molar-refractivity contribution is 0.0760. The van der Waals surface area contributed by atoms with Gasteiger partial charge in [0.1, 0.15) is 0 Å². The summed E-state index contributed by atoms with van der Waals surface area (Å²) >= 11 is 0. The Morgan fingerprint density at radius 2 is 1.76 bits per heavy atom. The van der Waals surface area contributed by atoms with E-state index in [0.29, 0.717) is 0 Å². The number of hydrogen-bond donors (Lipinski definition) is 1. The number of amides is 1. The van der Waals surface area contributed by atoms with Crippen molar-refractivity contribution in [3.8, 4) is 0 Å². The molecule has 136 valence electrons. The maximum Gasteiger partial charge on any atom is 0.256 e. The predicted octanol–water partition coefficient (Wildman–Crippen LogP) is 3.46. The Kier molecular flexibility index (Phi) is 6.66. The fourth-order valence-corrected chi connectivity index (χ4v) is 4.01. The number of nitrogens with one attached hydrogen (secondary N) is 1. The zero-order chi connectivity index (χ0) is 15.8. The van der Waals surface area contributed by atoms with Crippen LogP contribution in [0.4, 0.5) is 0 Å². The van der Waals surface area contributed by atoms with Crippen molar-refractivity contribution in [2.75, 3.05) is 26.2 Å². The summed E-state index contributed by atoms with van der Waals surface area (Å²) < 4.78 is 0. The molecule has 1 aromatic carbocycles. The average molecular weight is 382 g/mol. The molecular formula is C19H25Cl2N3O. The first-order valence-electron chi connectivity index (χ1n) is 8.59. The summed E-state index contributed by atoms with van der Waals surface area (Å²) in [5.74, 6) is 1.61. The fraction of sp³-hybridized carbons (Fsp3) is 0.474. The lowest BCUT2D eigenvalue weighted by Gasteiger charge is -2.21. The van der Waals surface area contributed by atoms with Crippen molar-refractivity contribution in [3.63, 3.8) is 0 Å². The largest absolute Gasteiger partial charge is 0.339 e. The Morgan fingerprint density at radius 1 is 1.08 bits per heavy atom. The number of benzene rings is 1. The molecule has 0 saturated carbocycles. The van der Waals surface area contributed by atoms with E-state index in [4.69, 9.17) is 0 Å². The van der Waals surface area contributed by atoms with Crippen LogP contribution in [0, 0.1) is 18.8 Å². The zero-order valence-corrected chi connectivity index (χ0v) is 16.0. The summed E-state index contributed by atoms with van der Waals surface area (Å²) in [6.45, 7) is 5.93. The number of aromatic nitrogens is 1. The molecule has 25 heavy (non-hydrogen) atoms. The van der Waals surface area contributed by atoms with Crippen molar-refractivity contribution < 1.29 is 4.79 Å². The van der Waals surface area contributed by atoms with Gasteiger partial charge in [-0.25, -0.2) is 0 Å². The molecule has 0 bridgehead atoms. The summed E-state index contributed by atoms with van der Waals surface area (Å²) in [6.07, 6.45) is 2.22. The summed E-state index contributed by atoms with van der Waals surface area (Å²) in [7, 11) is 0. The lowest BCUT2D eigenvalue weighted by atomic mass is 9.92. The van der Waals surface area contributed by atoms with Crippen LogP contribution in [-0.4, -0.2) is 42.0 Å². The highest BCUT2D eigenvalue weighted by Crippen LogP contribution is 2.28. The van der Waals surface area contributed by atoms with Crippen molar-refractivity contribution in [1.82, 2.24) is 15.2 Å². The quantitative estimate of drug-likeness (QED) is 0.822. The van der Waals surface area contributed by atoms with E-state index in [9.17, 15) is 4.79 Å². The van der Waals surface area contributed by atoms with E-state index in [1.807, 2.05) is 42.2 Å². The molecule has 3 heterocycles. The lowest BCUT2D eigenvalue weighted by Crippen LogP contribution is -2.33. The van der Waals surface area contributed by atoms with Crippen LogP contribution in [0.15, 0.2) is 30.3 Å². The van der Waals surface area contributed by atoms with E-state index in [1.54, 1.807) is 0 Å². The van der Waals surface area contributed by atoms with E-state index in [-0.39, 0.29) is 30.7 Å². The third-order valence-corrected chi connectivity index (χ3v) is 5.40. The molecule has 2 fully saturated rings. The molecule has 2 aliphatic rings. The number of rotatable bonds is 1. The highest BCUT2D eigenvalue weighted by molar-refractivity contribution is 6.05. The second kappa shape index (κ2) is 8.35. The number of carbonyl (C=O) groups is 1. The molecule has 0 aliphatic carbocycles. The minimum Gasteiger partial charge on any atom is -0.339 e. The van der Waals surface area contributed by atoms with Gasteiger partial charge in [-0.15, -0.1) is 24.8 Å². The van der Waals surface area contributed by atoms with Crippen LogP contribution in [-0.2, 0) is 0 Å². The maximum atomic E-state index is 13.1. The van der Waals surface area contributed by atoms with Crippen molar-refractivity contribution in [2.24, 2.45) is 11.8 Å². The first kappa shape index (κ1) is 20.0. The molecule has 4 nitrogen and oxygen atoms in total. The molecule has 1 amide bonds. The Morgan fingerprint density at radius 3 is 2.44 bits per heavy atom. The Hall–Kier alpha value is -1.36. The molecule has 0 unspecified atom stereocenters. The number of aryl methyl sites for hydroxylation is 1. The topological polar surface area (TPSA) is 45.2 Å². The Bertz CT molecular complexity index is 739. The number of carbonyl (C=O) groups excluding carboxylic acids is 1. The Labute approximate surface area is 161 Å². The molecule has 2 aromatic rings. The third-order valence-electron chi connectivity index (χ3n) is 5.40. The van der Waals surface area contributed by atoms with Crippen molar-refractivity contribution in [2.45, 2.75) is 19.8 Å². The second-order valence-electron chi connectivity index (χ2n) is 6.88. The fourth-order valence-electron chi connectivity index (χ4n) is 4.01. The summed E-state index contributed by atoms with van der Waals surface area (Å²) in [4.78, 5) is 19.7. The van der Waals surface area contributed by atoms with Crippen LogP contribution in [0.5, 0.6) is 0 Å². The van der Waals surface area contributed by atoms with Gasteiger partial charge in [0.2, 0.25) is 0 Å². The SMILES string of the molecule is Cc1ccc2cccc(C(=O)N3CC[C@@H]4CNC[C@@H]4CC3)c2n1.Cl.Cl. The number of likely N-dealkylation sites (tertiary alicyclic amines) is 1. The molecule has 1 aromatic heterocycles. The van der Waals surface area contributed by atoms with Gasteiger partial charge >= 0.3 is 0 Å². The smallest absolute Gasteiger partial charge is 0.256 e. The van der Waals surface area contributed by atoms with Gasteiger partial charge < -0.3 is 10.2 Å². The summed E-state index contributed by atoms with van der Waals surface area (Å²) in [5, 5.41) is 4.52. The van der Waals surface area contributed by atoms with Gasteiger partial charge in [0.15, 0.2) is 0 Å². The van der Waals surface area contributed by atoms with Crippen molar-refractivity contribution >= 4 is 41.6 Å². The van der Waals surface area contributed by atoms with E-state index >= 15 is 0 Å². The van der Waals surface area contributed by atoms with Crippen LogP contribution >= 0.6 is 24.8 Å². The van der Waals surface area contributed by atoms with Gasteiger partial charge in [-0.2, -0.15) is 0 Å². The van der Waals surface area contributed by atoms with Crippen LogP contribution in [0.25, 0.3) is 10.9 Å². The van der Waals surface area contributed by atoms with Gasteiger partial charge in [0.25, 0.3) is 5.91 Å². The minimum absolute atomic E-state index is 0. The number of fused-ring (bicyclic) bond motifs is 2. The molecule has 2 aliphatic heterocycles. The van der Waals surface area contributed by atoms with Crippen LogP contribution in [0.2, 0.25) is 0 Å². The predicted molar refractivity (Wildman–Crippen MR) is 106 cm³/mol. The highest BCUT2D eigenvalue weighted by Gasteiger charge is 2.32. The Balaban J connectivity index is 0.00000113. The summed E-state index contributed by atoms with van der Waals surface area (Å²) in [6, 6.07) is 9.95. The highest BCUT2D eigenvalue weighted by atomic mass is 35.5. The van der Waals surface area contributed by atoms with Crippen molar-refractivity contribution in [3.05, 3.63) is 41.6 Å². The standard InChI is InChI=1S/C19H23N3O.2ClH/c1-13-5-6-14-3-2-4-17(18(14)21-13)19(23)22-9-7-15-11-20-12-16(15)8-10-22;;/h2-6,15-16,20H,7-12H2,1H3;2*1H/t15-,16+;;. The number of nitrogens with zero attached hydrogens (tertiary/aromatic N) is 2. The molecular weight excluding hydrogens is 357 g/mol. The zero-order valence-electron chi connectivity index (χ0n) is 14.4. The van der Waals surface area contributed by atoms with Crippen molar-refractivity contribution in [1.29, 1.82) is 0 Å². The van der Waals surface area contributed by atoms with E-state index in [0.717, 1.165) is 73.0 Å². The number of halogens is 2. The van der Waals surface area contributed by atoms with E-state index < -0.39 is 0 Å². The number of para-hydroxylation sites is 1. The molecule has 0 radical (unpaired) electrons.